The van der Waals surface area contributed by atoms with Gasteiger partial charge in [0, 0.05) is 29.3 Å². The first-order valence-corrected chi connectivity index (χ1v) is 9.57. The maximum absolute atomic E-state index is 11.8. The van der Waals surface area contributed by atoms with Crippen LogP contribution in [0.3, 0.4) is 0 Å². The fourth-order valence-electron chi connectivity index (χ4n) is 2.97. The predicted octanol–water partition coefficient (Wildman–Crippen LogP) is 3.50. The number of carboxylic acid groups (broad SMARTS) is 2. The number of benzene rings is 1. The highest BCUT2D eigenvalue weighted by Gasteiger charge is 2.27. The summed E-state index contributed by atoms with van der Waals surface area (Å²) in [5.74, 6) is -2.85. The molecule has 0 saturated carbocycles. The summed E-state index contributed by atoms with van der Waals surface area (Å²) in [6.45, 7) is 4.14. The Bertz CT molecular complexity index is 818. The van der Waals surface area contributed by atoms with Crippen LogP contribution in [0.5, 0.6) is 0 Å². The van der Waals surface area contributed by atoms with Gasteiger partial charge >= 0.3 is 11.9 Å². The number of hydrogen-bond acceptors (Lipinski definition) is 4. The van der Waals surface area contributed by atoms with Crippen LogP contribution in [0, 0.1) is 5.92 Å². The lowest BCUT2D eigenvalue weighted by Gasteiger charge is -2.20. The lowest BCUT2D eigenvalue weighted by atomic mass is 10.0. The molecule has 0 radical (unpaired) electrons. The normalized spacial score (nSPS) is 13.5. The molecule has 0 aliphatic heterocycles. The monoisotopic (exact) mass is 427 g/mol. The Morgan fingerprint density at radius 3 is 2.32 bits per heavy atom. The van der Waals surface area contributed by atoms with Gasteiger partial charge in [-0.1, -0.05) is 37.0 Å². The molecule has 1 heterocycles. The van der Waals surface area contributed by atoms with Crippen LogP contribution in [0.2, 0.25) is 10.0 Å². The minimum atomic E-state index is -1.06. The van der Waals surface area contributed by atoms with Gasteiger partial charge in [-0.3, -0.25) is 9.59 Å². The molecule has 0 saturated heterocycles. The molecule has 28 heavy (non-hydrogen) atoms. The molecule has 2 aromatic rings. The lowest BCUT2D eigenvalue weighted by Crippen LogP contribution is -2.41. The van der Waals surface area contributed by atoms with Crippen molar-refractivity contribution in [2.24, 2.45) is 5.92 Å². The van der Waals surface area contributed by atoms with Crippen LogP contribution in [0.4, 0.5) is 0 Å². The third kappa shape index (κ3) is 6.22. The number of hydrogen-bond donors (Lipinski definition) is 3. The van der Waals surface area contributed by atoms with E-state index in [9.17, 15) is 19.8 Å². The molecule has 3 N–H and O–H groups in total. The number of carbonyl (C=O) groups is 2. The average Bonchev–Trinajstić information content (AvgIpc) is 3.00. The van der Waals surface area contributed by atoms with Crippen LogP contribution in [0.15, 0.2) is 30.7 Å². The highest BCUT2D eigenvalue weighted by Crippen LogP contribution is 2.22. The van der Waals surface area contributed by atoms with E-state index < -0.39 is 23.9 Å². The van der Waals surface area contributed by atoms with Crippen LogP contribution in [-0.4, -0.2) is 44.3 Å². The van der Waals surface area contributed by atoms with E-state index in [1.54, 1.807) is 22.8 Å². The highest BCUT2D eigenvalue weighted by molar-refractivity contribution is 6.34. The van der Waals surface area contributed by atoms with Crippen LogP contribution in [-0.2, 0) is 16.1 Å². The van der Waals surface area contributed by atoms with Crippen LogP contribution >= 0.6 is 23.2 Å². The number of aromatic nitrogens is 2. The molecule has 0 amide bonds. The first-order chi connectivity index (χ1) is 13.2. The molecule has 7 nitrogen and oxygen atoms in total. The molecular weight excluding hydrogens is 405 g/mol. The molecule has 0 aliphatic rings. The van der Waals surface area contributed by atoms with Gasteiger partial charge in [0.2, 0.25) is 0 Å². The van der Waals surface area contributed by atoms with Gasteiger partial charge in [0.25, 0.3) is 0 Å². The standard InChI is InChI=1S/C19H23Cl2N3O4/c1-11(2)3-16(19(27)28)23-7-15(18(25)26)17-8-22-10-24(17)9-12-4-13(20)6-14(21)5-12/h4-6,8,10-11,15-16,23H,3,7,9H2,1-2H3,(H,25,26)(H,27,28)/t15?,16-/m0/s1. The maximum Gasteiger partial charge on any atom is 0.320 e. The number of rotatable bonds is 10. The first kappa shape index (κ1) is 22.2. The minimum Gasteiger partial charge on any atom is -0.481 e. The van der Waals surface area contributed by atoms with Gasteiger partial charge in [-0.15, -0.1) is 0 Å². The zero-order chi connectivity index (χ0) is 20.8. The van der Waals surface area contributed by atoms with E-state index >= 15 is 0 Å². The highest BCUT2D eigenvalue weighted by atomic mass is 35.5. The number of aliphatic carboxylic acids is 2. The van der Waals surface area contributed by atoms with Gasteiger partial charge in [0.1, 0.15) is 12.0 Å². The second-order valence-electron chi connectivity index (χ2n) is 7.04. The summed E-state index contributed by atoms with van der Waals surface area (Å²) in [6, 6.07) is 4.29. The van der Waals surface area contributed by atoms with E-state index in [1.165, 1.54) is 12.5 Å². The molecule has 1 aromatic carbocycles. The summed E-state index contributed by atoms with van der Waals surface area (Å²) < 4.78 is 1.70. The molecule has 0 spiro atoms. The predicted molar refractivity (Wildman–Crippen MR) is 107 cm³/mol. The fraction of sp³-hybridized carbons (Fsp3) is 0.421. The molecule has 2 rings (SSSR count). The zero-order valence-electron chi connectivity index (χ0n) is 15.6. The Balaban J connectivity index is 2.19. The quantitative estimate of drug-likeness (QED) is 0.535. The van der Waals surface area contributed by atoms with Crippen molar-refractivity contribution in [2.45, 2.75) is 38.8 Å². The molecular formula is C19H23Cl2N3O4. The van der Waals surface area contributed by atoms with Gasteiger partial charge < -0.3 is 20.1 Å². The van der Waals surface area contributed by atoms with Crippen LogP contribution < -0.4 is 5.32 Å². The summed E-state index contributed by atoms with van der Waals surface area (Å²) in [6.07, 6.45) is 3.41. The van der Waals surface area contributed by atoms with E-state index in [2.05, 4.69) is 10.3 Å². The third-order valence-corrected chi connectivity index (χ3v) is 4.68. The summed E-state index contributed by atoms with van der Waals surface area (Å²) in [5.41, 5.74) is 1.27. The SMILES string of the molecule is CC(C)C[C@H](NCC(C(=O)O)c1cncn1Cc1cc(Cl)cc(Cl)c1)C(=O)O. The van der Waals surface area contributed by atoms with Crippen molar-refractivity contribution < 1.29 is 19.8 Å². The van der Waals surface area contributed by atoms with Crippen LogP contribution in [0.1, 0.15) is 37.4 Å². The largest absolute Gasteiger partial charge is 0.481 e. The molecule has 0 bridgehead atoms. The topological polar surface area (TPSA) is 104 Å². The Kier molecular flexibility index (Phi) is 7.86. The Labute approximate surface area is 173 Å². The van der Waals surface area contributed by atoms with Gasteiger partial charge in [-0.05, 0) is 36.1 Å². The lowest BCUT2D eigenvalue weighted by molar-refractivity contribution is -0.142. The fourth-order valence-corrected chi connectivity index (χ4v) is 3.54. The summed E-state index contributed by atoms with van der Waals surface area (Å²) in [5, 5.41) is 22.9. The molecule has 152 valence electrons. The first-order valence-electron chi connectivity index (χ1n) is 8.81. The number of carboxylic acids is 2. The summed E-state index contributed by atoms with van der Waals surface area (Å²) in [4.78, 5) is 27.3. The van der Waals surface area contributed by atoms with E-state index in [0.717, 1.165) is 5.56 Å². The van der Waals surface area contributed by atoms with Gasteiger partial charge in [-0.2, -0.15) is 0 Å². The Hall–Kier alpha value is -2.09. The molecule has 2 atom stereocenters. The van der Waals surface area contributed by atoms with E-state index in [-0.39, 0.29) is 12.5 Å². The summed E-state index contributed by atoms with van der Waals surface area (Å²) in [7, 11) is 0. The summed E-state index contributed by atoms with van der Waals surface area (Å²) >= 11 is 12.1. The van der Waals surface area contributed by atoms with Crippen LogP contribution in [0.25, 0.3) is 0 Å². The van der Waals surface area contributed by atoms with Gasteiger partial charge in [-0.25, -0.2) is 4.98 Å². The minimum absolute atomic E-state index is 0.0268. The van der Waals surface area contributed by atoms with E-state index in [1.807, 2.05) is 13.8 Å². The molecule has 1 aromatic heterocycles. The van der Waals surface area contributed by atoms with Gasteiger partial charge in [0.05, 0.1) is 12.0 Å². The zero-order valence-corrected chi connectivity index (χ0v) is 17.1. The van der Waals surface area contributed by atoms with Crippen molar-refractivity contribution in [3.63, 3.8) is 0 Å². The number of halogens is 2. The maximum atomic E-state index is 11.8. The van der Waals surface area contributed by atoms with E-state index in [4.69, 9.17) is 23.2 Å². The molecule has 1 unspecified atom stereocenters. The second kappa shape index (κ2) is 9.91. The van der Waals surface area contributed by atoms with Crippen molar-refractivity contribution in [2.75, 3.05) is 6.54 Å². The van der Waals surface area contributed by atoms with E-state index in [0.29, 0.717) is 28.7 Å². The number of nitrogens with zero attached hydrogens (tertiary/aromatic N) is 2. The Morgan fingerprint density at radius 2 is 1.79 bits per heavy atom. The number of imidazole rings is 1. The van der Waals surface area contributed by atoms with Crippen molar-refractivity contribution in [1.82, 2.24) is 14.9 Å². The smallest absolute Gasteiger partial charge is 0.320 e. The molecule has 0 fully saturated rings. The van der Waals surface area contributed by atoms with Crippen molar-refractivity contribution in [3.8, 4) is 0 Å². The average molecular weight is 428 g/mol. The van der Waals surface area contributed by atoms with Crippen molar-refractivity contribution in [1.29, 1.82) is 0 Å². The molecule has 0 aliphatic carbocycles. The third-order valence-electron chi connectivity index (χ3n) is 4.25. The van der Waals surface area contributed by atoms with Crippen molar-refractivity contribution >= 4 is 35.1 Å². The van der Waals surface area contributed by atoms with Gasteiger partial charge in [0.15, 0.2) is 0 Å². The Morgan fingerprint density at radius 1 is 1.14 bits per heavy atom. The van der Waals surface area contributed by atoms with Crippen molar-refractivity contribution in [3.05, 3.63) is 52.0 Å². The number of nitrogens with one attached hydrogen (secondary N) is 1. The second-order valence-corrected chi connectivity index (χ2v) is 7.92. The molecule has 9 heteroatoms.